The van der Waals surface area contributed by atoms with E-state index in [1.807, 2.05) is 0 Å². The second-order valence-electron chi connectivity index (χ2n) is 8.23. The van der Waals surface area contributed by atoms with Crippen molar-refractivity contribution in [1.29, 1.82) is 0 Å². The average Bonchev–Trinajstić information content (AvgIpc) is 3.38. The lowest BCUT2D eigenvalue weighted by Crippen LogP contribution is -2.71. The maximum absolute atomic E-state index is 12.5. The molecule has 172 valence electrons. The lowest BCUT2D eigenvalue weighted by molar-refractivity contribution is -0.132. The maximum atomic E-state index is 12.5. The van der Waals surface area contributed by atoms with Crippen LogP contribution >= 0.6 is 0 Å². The summed E-state index contributed by atoms with van der Waals surface area (Å²) in [5.41, 5.74) is 0.407. The minimum absolute atomic E-state index is 0.211. The second-order valence-corrected chi connectivity index (χ2v) is 8.23. The van der Waals surface area contributed by atoms with Crippen LogP contribution in [0.1, 0.15) is 30.6 Å². The number of aliphatic imine (C=N–C) groups is 1. The third-order valence-electron chi connectivity index (χ3n) is 5.65. The van der Waals surface area contributed by atoms with Crippen LogP contribution in [0.2, 0.25) is 0 Å². The van der Waals surface area contributed by atoms with Crippen molar-refractivity contribution in [1.82, 2.24) is 20.9 Å². The predicted octanol–water partition coefficient (Wildman–Crippen LogP) is -0.867. The summed E-state index contributed by atoms with van der Waals surface area (Å²) in [6.45, 7) is 3.18. The molecule has 3 heterocycles. The summed E-state index contributed by atoms with van der Waals surface area (Å²) >= 11 is 0. The molecule has 0 saturated carbocycles. The first-order valence-electron chi connectivity index (χ1n) is 10.6. The van der Waals surface area contributed by atoms with E-state index in [0.29, 0.717) is 5.56 Å². The SMILES string of the molecule is CC(C)C(=O)NC1NC(=O)C2N=CN([C@H]3C[C@H](OC(=O)c4ccccc4)[C@@H](CO)O3)C2N1. The Morgan fingerprint density at radius 2 is 2.09 bits per heavy atom. The highest BCUT2D eigenvalue weighted by atomic mass is 16.6. The fourth-order valence-corrected chi connectivity index (χ4v) is 3.89. The Balaban J connectivity index is 1.43. The average molecular weight is 445 g/mol. The maximum Gasteiger partial charge on any atom is 0.338 e. The quantitative estimate of drug-likeness (QED) is 0.414. The molecule has 1 aromatic rings. The van der Waals surface area contributed by atoms with Gasteiger partial charge in [0.25, 0.3) is 5.91 Å². The molecular formula is C21H27N5O6. The van der Waals surface area contributed by atoms with Gasteiger partial charge in [0.05, 0.1) is 18.5 Å². The molecule has 4 rings (SSSR count). The van der Waals surface area contributed by atoms with Crippen molar-refractivity contribution in [2.75, 3.05) is 6.61 Å². The number of rotatable bonds is 6. The lowest BCUT2D eigenvalue weighted by atomic mass is 10.1. The molecule has 2 fully saturated rings. The molecule has 6 atom stereocenters. The van der Waals surface area contributed by atoms with E-state index in [4.69, 9.17) is 9.47 Å². The van der Waals surface area contributed by atoms with Crippen LogP contribution in [0.5, 0.6) is 0 Å². The van der Waals surface area contributed by atoms with Crippen LogP contribution in [0.15, 0.2) is 35.3 Å². The highest BCUT2D eigenvalue weighted by molar-refractivity contribution is 5.89. The van der Waals surface area contributed by atoms with Crippen LogP contribution < -0.4 is 16.0 Å². The first-order chi connectivity index (χ1) is 15.4. The zero-order valence-corrected chi connectivity index (χ0v) is 17.8. The van der Waals surface area contributed by atoms with Gasteiger partial charge in [-0.2, -0.15) is 0 Å². The number of aliphatic hydroxyl groups is 1. The first-order valence-corrected chi connectivity index (χ1v) is 10.6. The minimum Gasteiger partial charge on any atom is -0.456 e. The zero-order chi connectivity index (χ0) is 22.8. The van der Waals surface area contributed by atoms with E-state index in [2.05, 4.69) is 20.9 Å². The van der Waals surface area contributed by atoms with Crippen molar-refractivity contribution in [2.45, 2.75) is 57.2 Å². The summed E-state index contributed by atoms with van der Waals surface area (Å²) in [6.07, 6.45) is -1.49. The molecule has 0 spiro atoms. The molecule has 4 N–H and O–H groups in total. The van der Waals surface area contributed by atoms with Crippen molar-refractivity contribution >= 4 is 24.1 Å². The fraction of sp³-hybridized carbons (Fsp3) is 0.524. The second kappa shape index (κ2) is 9.23. The van der Waals surface area contributed by atoms with Gasteiger partial charge in [-0.15, -0.1) is 0 Å². The largest absolute Gasteiger partial charge is 0.456 e. The van der Waals surface area contributed by atoms with E-state index in [1.54, 1.807) is 49.1 Å². The van der Waals surface area contributed by atoms with Gasteiger partial charge in [0.15, 0.2) is 12.3 Å². The smallest absolute Gasteiger partial charge is 0.338 e. The van der Waals surface area contributed by atoms with Gasteiger partial charge in [0, 0.05) is 12.3 Å². The third kappa shape index (κ3) is 4.45. The van der Waals surface area contributed by atoms with Crippen LogP contribution in [0, 0.1) is 5.92 Å². The molecule has 1 aromatic carbocycles. The number of benzene rings is 1. The van der Waals surface area contributed by atoms with E-state index in [0.717, 1.165) is 0 Å². The molecule has 3 aliphatic rings. The molecule has 11 nitrogen and oxygen atoms in total. The van der Waals surface area contributed by atoms with Crippen LogP contribution in [0.3, 0.4) is 0 Å². The van der Waals surface area contributed by atoms with Gasteiger partial charge in [-0.3, -0.25) is 19.9 Å². The number of hydrogen-bond acceptors (Lipinski definition) is 9. The number of fused-ring (bicyclic) bond motifs is 1. The number of nitrogens with zero attached hydrogens (tertiary/aromatic N) is 2. The summed E-state index contributed by atoms with van der Waals surface area (Å²) in [4.78, 5) is 43.0. The van der Waals surface area contributed by atoms with E-state index >= 15 is 0 Å². The molecule has 2 amide bonds. The van der Waals surface area contributed by atoms with Crippen LogP contribution in [0.4, 0.5) is 0 Å². The number of ether oxygens (including phenoxy) is 2. The van der Waals surface area contributed by atoms with Crippen LogP contribution in [0.25, 0.3) is 0 Å². The molecule has 3 aliphatic heterocycles. The van der Waals surface area contributed by atoms with Crippen molar-refractivity contribution < 1.29 is 29.0 Å². The standard InChI is InChI=1S/C21H27N5O6/c1-11(2)18(28)24-21-23-17-16(19(29)25-21)22-10-26(17)15-8-13(14(9-27)31-15)32-20(30)12-6-4-3-5-7-12/h3-7,10-11,13-17,21,23,27H,8-9H2,1-2H3,(H,24,28)(H,25,29)/t13-,14+,15+,16?,17?,21?/m0/s1. The van der Waals surface area contributed by atoms with Crippen molar-refractivity contribution in [3.05, 3.63) is 35.9 Å². The molecule has 3 unspecified atom stereocenters. The summed E-state index contributed by atoms with van der Waals surface area (Å²) in [6, 6.07) is 7.86. The Hall–Kier alpha value is -3.02. The van der Waals surface area contributed by atoms with Gasteiger partial charge >= 0.3 is 5.97 Å². The van der Waals surface area contributed by atoms with E-state index in [-0.39, 0.29) is 30.8 Å². The number of hydrogen-bond donors (Lipinski definition) is 4. The van der Waals surface area contributed by atoms with Gasteiger partial charge in [-0.05, 0) is 12.1 Å². The number of carbonyl (C=O) groups excluding carboxylic acids is 3. The molecule has 0 radical (unpaired) electrons. The zero-order valence-electron chi connectivity index (χ0n) is 17.8. The highest BCUT2D eigenvalue weighted by Crippen LogP contribution is 2.30. The summed E-state index contributed by atoms with van der Waals surface area (Å²) < 4.78 is 11.5. The number of amides is 2. The number of esters is 1. The lowest BCUT2D eigenvalue weighted by Gasteiger charge is -2.39. The van der Waals surface area contributed by atoms with Gasteiger partial charge in [-0.25, -0.2) is 4.79 Å². The summed E-state index contributed by atoms with van der Waals surface area (Å²) in [5, 5.41) is 18.3. The topological polar surface area (TPSA) is 142 Å². The van der Waals surface area contributed by atoms with Crippen molar-refractivity contribution in [2.24, 2.45) is 10.9 Å². The van der Waals surface area contributed by atoms with Crippen molar-refractivity contribution in [3.8, 4) is 0 Å². The normalized spacial score (nSPS) is 31.4. The molecular weight excluding hydrogens is 418 g/mol. The highest BCUT2D eigenvalue weighted by Gasteiger charge is 2.48. The fourth-order valence-electron chi connectivity index (χ4n) is 3.89. The molecule has 0 aliphatic carbocycles. The van der Waals surface area contributed by atoms with Gasteiger partial charge < -0.3 is 30.1 Å². The van der Waals surface area contributed by atoms with Crippen molar-refractivity contribution in [3.63, 3.8) is 0 Å². The molecule has 0 aromatic heterocycles. The van der Waals surface area contributed by atoms with E-state index in [1.165, 1.54) is 6.34 Å². The van der Waals surface area contributed by atoms with Crippen LogP contribution in [-0.4, -0.2) is 77.7 Å². The molecule has 0 bridgehead atoms. The number of nitrogens with one attached hydrogen (secondary N) is 3. The Bertz CT molecular complexity index is 894. The molecule has 11 heteroatoms. The first kappa shape index (κ1) is 22.2. The summed E-state index contributed by atoms with van der Waals surface area (Å²) in [5.74, 6) is -1.29. The Morgan fingerprint density at radius 1 is 1.34 bits per heavy atom. The van der Waals surface area contributed by atoms with E-state index < -0.39 is 42.9 Å². The molecule has 32 heavy (non-hydrogen) atoms. The van der Waals surface area contributed by atoms with Crippen LogP contribution in [-0.2, 0) is 19.1 Å². The van der Waals surface area contributed by atoms with Gasteiger partial charge in [-0.1, -0.05) is 32.0 Å². The Morgan fingerprint density at radius 3 is 2.78 bits per heavy atom. The van der Waals surface area contributed by atoms with E-state index in [9.17, 15) is 19.5 Å². The number of carbonyl (C=O) groups is 3. The Labute approximate surface area is 185 Å². The van der Waals surface area contributed by atoms with Gasteiger partial charge in [0.1, 0.15) is 24.6 Å². The number of aliphatic hydroxyl groups excluding tert-OH is 1. The summed E-state index contributed by atoms with van der Waals surface area (Å²) in [7, 11) is 0. The third-order valence-corrected chi connectivity index (χ3v) is 5.65. The molecule has 2 saturated heterocycles. The van der Waals surface area contributed by atoms with Gasteiger partial charge in [0.2, 0.25) is 5.91 Å². The monoisotopic (exact) mass is 445 g/mol. The predicted molar refractivity (Wildman–Crippen MR) is 112 cm³/mol. The Kier molecular flexibility index (Phi) is 6.40. The minimum atomic E-state index is -0.760.